The lowest BCUT2D eigenvalue weighted by Crippen LogP contribution is -2.15. The number of unbranched alkanes of at least 4 members (excludes halogenated alkanes) is 2. The fourth-order valence-corrected chi connectivity index (χ4v) is 3.60. The van der Waals surface area contributed by atoms with E-state index in [0.29, 0.717) is 18.6 Å². The van der Waals surface area contributed by atoms with Crippen molar-refractivity contribution in [1.29, 1.82) is 0 Å². The summed E-state index contributed by atoms with van der Waals surface area (Å²) in [7, 11) is 0. The van der Waals surface area contributed by atoms with E-state index in [4.69, 9.17) is 4.74 Å². The van der Waals surface area contributed by atoms with Crippen LogP contribution in [0.4, 0.5) is 0 Å². The van der Waals surface area contributed by atoms with Crippen molar-refractivity contribution in [1.82, 2.24) is 0 Å². The summed E-state index contributed by atoms with van der Waals surface area (Å²) in [6, 6.07) is 0. The van der Waals surface area contributed by atoms with Gasteiger partial charge in [-0.15, -0.1) is 0 Å². The minimum Gasteiger partial charge on any atom is -0.431 e. The fraction of sp³-hybridized carbons (Fsp3) is 0.750. The average Bonchev–Trinajstić information content (AvgIpc) is 2.84. The first-order chi connectivity index (χ1) is 11.6. The molecule has 1 aliphatic heterocycles. The highest BCUT2D eigenvalue weighted by atomic mass is 16.5. The number of ether oxygens (including phenoxy) is 1. The van der Waals surface area contributed by atoms with E-state index in [1.54, 1.807) is 6.08 Å². The highest BCUT2D eigenvalue weighted by Gasteiger charge is 2.34. The van der Waals surface area contributed by atoms with E-state index in [-0.39, 0.29) is 11.9 Å². The number of carbonyl (C=O) groups is 1. The number of carbonyl (C=O) groups excluding carboxylic acids is 1. The number of aliphatic hydroxyl groups excluding tert-OH is 2. The van der Waals surface area contributed by atoms with Crippen molar-refractivity contribution in [2.75, 3.05) is 0 Å². The molecule has 0 saturated carbocycles. The second-order valence-corrected chi connectivity index (χ2v) is 7.08. The van der Waals surface area contributed by atoms with Crippen molar-refractivity contribution < 1.29 is 19.7 Å². The zero-order valence-corrected chi connectivity index (χ0v) is 14.9. The molecule has 2 rings (SSSR count). The van der Waals surface area contributed by atoms with Crippen molar-refractivity contribution in [2.24, 2.45) is 5.92 Å². The first-order valence-electron chi connectivity index (χ1n) is 9.59. The van der Waals surface area contributed by atoms with Gasteiger partial charge in [-0.3, -0.25) is 4.79 Å². The Morgan fingerprint density at radius 1 is 1.21 bits per heavy atom. The molecular formula is C20H32O4. The molecule has 0 amide bonds. The lowest BCUT2D eigenvalue weighted by Gasteiger charge is -2.16. The first kappa shape index (κ1) is 19.2. The molecule has 3 atom stereocenters. The molecule has 0 bridgehead atoms. The maximum Gasteiger partial charge on any atom is 0.310 e. The van der Waals surface area contributed by atoms with Gasteiger partial charge in [0.2, 0.25) is 0 Å². The normalized spacial score (nSPS) is 27.2. The molecule has 2 aliphatic rings. The van der Waals surface area contributed by atoms with Gasteiger partial charge in [0.05, 0.1) is 12.2 Å². The zero-order chi connectivity index (χ0) is 17.4. The van der Waals surface area contributed by atoms with Crippen LogP contribution in [0.2, 0.25) is 0 Å². The van der Waals surface area contributed by atoms with Gasteiger partial charge >= 0.3 is 5.97 Å². The standard InChI is InChI=1S/C20H32O4/c1-2-3-6-9-15(21)12-13-16-17-10-7-4-5-8-11-20(23)24-19(17)14-18(16)22/h12-13,15-16,18,21-22H,2-11,14H2,1H3/b13-12+/t15-,16+,18+/m0/s1. The summed E-state index contributed by atoms with van der Waals surface area (Å²) >= 11 is 0. The average molecular weight is 336 g/mol. The van der Waals surface area contributed by atoms with E-state index >= 15 is 0 Å². The third-order valence-electron chi connectivity index (χ3n) is 5.03. The van der Waals surface area contributed by atoms with Gasteiger partial charge in [-0.2, -0.15) is 0 Å². The lowest BCUT2D eigenvalue weighted by atomic mass is 9.93. The summed E-state index contributed by atoms with van der Waals surface area (Å²) < 4.78 is 5.52. The number of rotatable bonds is 6. The summed E-state index contributed by atoms with van der Waals surface area (Å²) in [5.74, 6) is 0.360. The third kappa shape index (κ3) is 5.75. The molecule has 4 nitrogen and oxygen atoms in total. The van der Waals surface area contributed by atoms with Crippen LogP contribution < -0.4 is 0 Å². The summed E-state index contributed by atoms with van der Waals surface area (Å²) in [6.07, 6.45) is 12.6. The van der Waals surface area contributed by atoms with Gasteiger partial charge in [-0.25, -0.2) is 0 Å². The van der Waals surface area contributed by atoms with Crippen LogP contribution in [0.1, 0.15) is 77.6 Å². The number of hydrogen-bond acceptors (Lipinski definition) is 4. The Morgan fingerprint density at radius 3 is 2.71 bits per heavy atom. The van der Waals surface area contributed by atoms with Crippen LogP contribution in [0.5, 0.6) is 0 Å². The molecule has 136 valence electrons. The summed E-state index contributed by atoms with van der Waals surface area (Å²) in [6.45, 7) is 2.14. The van der Waals surface area contributed by atoms with Gasteiger partial charge in [-0.05, 0) is 31.3 Å². The van der Waals surface area contributed by atoms with Gasteiger partial charge < -0.3 is 14.9 Å². The maximum absolute atomic E-state index is 11.9. The van der Waals surface area contributed by atoms with Crippen LogP contribution in [0.25, 0.3) is 0 Å². The fourth-order valence-electron chi connectivity index (χ4n) is 3.60. The Hall–Kier alpha value is -1.13. The van der Waals surface area contributed by atoms with Crippen LogP contribution >= 0.6 is 0 Å². The second-order valence-electron chi connectivity index (χ2n) is 7.08. The molecule has 0 aromatic rings. The molecule has 1 heterocycles. The summed E-state index contributed by atoms with van der Waals surface area (Å²) in [5.41, 5.74) is 1.05. The lowest BCUT2D eigenvalue weighted by molar-refractivity contribution is -0.140. The molecular weight excluding hydrogens is 304 g/mol. The molecule has 0 saturated heterocycles. The molecule has 0 spiro atoms. The van der Waals surface area contributed by atoms with Crippen LogP contribution in [0.15, 0.2) is 23.5 Å². The van der Waals surface area contributed by atoms with Crippen LogP contribution in [-0.4, -0.2) is 28.4 Å². The SMILES string of the molecule is CCCCC[C@H](O)/C=C/[C@@H]1C2=C(C[C@H]1O)OC(=O)CCCCCC2. The Balaban J connectivity index is 2.03. The first-order valence-corrected chi connectivity index (χ1v) is 9.59. The molecule has 0 aromatic carbocycles. The molecule has 24 heavy (non-hydrogen) atoms. The number of hydrogen-bond donors (Lipinski definition) is 2. The Bertz CT molecular complexity index is 466. The Kier molecular flexibility index (Phi) is 8.00. The van der Waals surface area contributed by atoms with E-state index in [0.717, 1.165) is 63.4 Å². The van der Waals surface area contributed by atoms with Gasteiger partial charge in [0, 0.05) is 18.8 Å². The maximum atomic E-state index is 11.9. The topological polar surface area (TPSA) is 66.8 Å². The van der Waals surface area contributed by atoms with Gasteiger partial charge in [0.25, 0.3) is 0 Å². The van der Waals surface area contributed by atoms with Crippen molar-refractivity contribution in [3.05, 3.63) is 23.5 Å². The highest BCUT2D eigenvalue weighted by Crippen LogP contribution is 2.38. The van der Waals surface area contributed by atoms with Crippen molar-refractivity contribution >= 4 is 5.97 Å². The largest absolute Gasteiger partial charge is 0.431 e. The van der Waals surface area contributed by atoms with Crippen LogP contribution in [0.3, 0.4) is 0 Å². The minimum absolute atomic E-state index is 0.131. The molecule has 0 unspecified atom stereocenters. The van der Waals surface area contributed by atoms with Crippen molar-refractivity contribution in [3.8, 4) is 0 Å². The van der Waals surface area contributed by atoms with Gasteiger partial charge in [-0.1, -0.05) is 51.2 Å². The monoisotopic (exact) mass is 336 g/mol. The number of esters is 1. The van der Waals surface area contributed by atoms with E-state index in [1.807, 2.05) is 6.08 Å². The third-order valence-corrected chi connectivity index (χ3v) is 5.03. The molecule has 0 fully saturated rings. The second kappa shape index (κ2) is 10.00. The smallest absolute Gasteiger partial charge is 0.310 e. The predicted molar refractivity (Wildman–Crippen MR) is 94.2 cm³/mol. The van der Waals surface area contributed by atoms with E-state index in [2.05, 4.69) is 6.92 Å². The van der Waals surface area contributed by atoms with Gasteiger partial charge in [0.1, 0.15) is 5.76 Å². The van der Waals surface area contributed by atoms with Crippen LogP contribution in [0, 0.1) is 5.92 Å². The zero-order valence-electron chi connectivity index (χ0n) is 14.9. The molecule has 4 heteroatoms. The molecule has 0 radical (unpaired) electrons. The molecule has 2 N–H and O–H groups in total. The van der Waals surface area contributed by atoms with E-state index < -0.39 is 12.2 Å². The van der Waals surface area contributed by atoms with E-state index in [1.165, 1.54) is 0 Å². The van der Waals surface area contributed by atoms with Gasteiger partial charge in [0.15, 0.2) is 0 Å². The quantitative estimate of drug-likeness (QED) is 0.437. The van der Waals surface area contributed by atoms with Crippen molar-refractivity contribution in [2.45, 2.75) is 89.8 Å². The number of aliphatic hydroxyl groups is 2. The summed E-state index contributed by atoms with van der Waals surface area (Å²) in [5, 5.41) is 20.5. The minimum atomic E-state index is -0.553. The molecule has 0 aromatic heterocycles. The Morgan fingerprint density at radius 2 is 1.96 bits per heavy atom. The van der Waals surface area contributed by atoms with Crippen molar-refractivity contribution in [3.63, 3.8) is 0 Å². The summed E-state index contributed by atoms with van der Waals surface area (Å²) in [4.78, 5) is 11.9. The molecule has 1 aliphatic carbocycles. The predicted octanol–water partition coefficient (Wildman–Crippen LogP) is 4.02. The highest BCUT2D eigenvalue weighted by molar-refractivity contribution is 5.70. The van der Waals surface area contributed by atoms with Crippen LogP contribution in [-0.2, 0) is 9.53 Å². The van der Waals surface area contributed by atoms with E-state index in [9.17, 15) is 15.0 Å². The Labute approximate surface area is 145 Å².